The van der Waals surface area contributed by atoms with Gasteiger partial charge in [0, 0.05) is 24.2 Å². The molecule has 0 spiro atoms. The van der Waals surface area contributed by atoms with Crippen LogP contribution in [0, 0.1) is 6.92 Å². The molecule has 0 aliphatic heterocycles. The van der Waals surface area contributed by atoms with Crippen molar-refractivity contribution >= 4 is 33.4 Å². The maximum absolute atomic E-state index is 4.66. The summed E-state index contributed by atoms with van der Waals surface area (Å²) in [5.41, 5.74) is 7.29. The highest BCUT2D eigenvalue weighted by molar-refractivity contribution is 7.16. The van der Waals surface area contributed by atoms with E-state index in [1.807, 2.05) is 24.6 Å². The lowest BCUT2D eigenvalue weighted by Gasteiger charge is -2.16. The van der Waals surface area contributed by atoms with Crippen molar-refractivity contribution in [2.45, 2.75) is 26.8 Å². The summed E-state index contributed by atoms with van der Waals surface area (Å²) in [6.07, 6.45) is 4.31. The van der Waals surface area contributed by atoms with Gasteiger partial charge in [0.2, 0.25) is 0 Å². The third-order valence-corrected chi connectivity index (χ3v) is 5.85. The Balaban J connectivity index is 1.53. The molecular formula is C25H27N5S. The van der Waals surface area contributed by atoms with Crippen LogP contribution in [0.15, 0.2) is 60.1 Å². The molecule has 2 heterocycles. The van der Waals surface area contributed by atoms with E-state index in [0.29, 0.717) is 0 Å². The molecule has 1 unspecified atom stereocenters. The van der Waals surface area contributed by atoms with Crippen molar-refractivity contribution in [2.24, 2.45) is 0 Å². The molecule has 2 aromatic heterocycles. The molecule has 4 rings (SSSR count). The van der Waals surface area contributed by atoms with Crippen molar-refractivity contribution in [1.29, 1.82) is 0 Å². The van der Waals surface area contributed by atoms with Crippen molar-refractivity contribution in [3.63, 3.8) is 0 Å². The second-order valence-electron chi connectivity index (χ2n) is 7.47. The molecule has 0 saturated heterocycles. The smallest absolute Gasteiger partial charge is 0.130 e. The van der Waals surface area contributed by atoms with Gasteiger partial charge in [-0.15, -0.1) is 11.3 Å². The van der Waals surface area contributed by atoms with Crippen LogP contribution in [0.25, 0.3) is 27.6 Å². The molecule has 1 atom stereocenters. The van der Waals surface area contributed by atoms with Crippen molar-refractivity contribution in [2.75, 3.05) is 18.4 Å². The van der Waals surface area contributed by atoms with E-state index in [1.165, 1.54) is 11.1 Å². The van der Waals surface area contributed by atoms with Gasteiger partial charge in [0.15, 0.2) is 0 Å². The molecule has 0 radical (unpaired) electrons. The quantitative estimate of drug-likeness (QED) is 0.344. The highest BCUT2D eigenvalue weighted by Gasteiger charge is 2.10. The van der Waals surface area contributed by atoms with E-state index in [1.54, 1.807) is 11.3 Å². The minimum Gasteiger partial charge on any atom is -0.363 e. The third kappa shape index (κ3) is 5.34. The molecule has 0 aliphatic carbocycles. The first-order chi connectivity index (χ1) is 15.1. The maximum Gasteiger partial charge on any atom is 0.130 e. The molecule has 6 heteroatoms. The van der Waals surface area contributed by atoms with Gasteiger partial charge in [0.25, 0.3) is 0 Å². The number of aromatic nitrogens is 3. The van der Waals surface area contributed by atoms with Gasteiger partial charge in [0.05, 0.1) is 21.4 Å². The SMILES string of the molecule is CCNCC=Cc1cccc(C(C)Nc2cc(-c3ccc4ncsc4c3)nc(C)n2)c1. The number of aryl methyl sites for hydroxylation is 1. The van der Waals surface area contributed by atoms with Crippen molar-refractivity contribution in [3.8, 4) is 11.3 Å². The van der Waals surface area contributed by atoms with Crippen LogP contribution in [-0.4, -0.2) is 28.0 Å². The molecule has 158 valence electrons. The van der Waals surface area contributed by atoms with Gasteiger partial charge >= 0.3 is 0 Å². The zero-order valence-electron chi connectivity index (χ0n) is 18.1. The summed E-state index contributed by atoms with van der Waals surface area (Å²) in [7, 11) is 0. The summed E-state index contributed by atoms with van der Waals surface area (Å²) < 4.78 is 1.16. The first-order valence-corrected chi connectivity index (χ1v) is 11.4. The molecule has 2 aromatic carbocycles. The first kappa shape index (κ1) is 21.2. The standard InChI is InChI=1S/C25H27N5S/c1-4-26-12-6-8-19-7-5-9-20(13-19)17(2)28-25-15-23(29-18(3)30-25)21-10-11-22-24(14-21)31-16-27-22/h5-11,13-17,26H,4,12H2,1-3H3,(H,28,29,30). The van der Waals surface area contributed by atoms with E-state index >= 15 is 0 Å². The molecule has 0 aliphatic rings. The fourth-order valence-electron chi connectivity index (χ4n) is 3.46. The van der Waals surface area contributed by atoms with E-state index in [4.69, 9.17) is 0 Å². The van der Waals surface area contributed by atoms with Gasteiger partial charge < -0.3 is 10.6 Å². The molecule has 31 heavy (non-hydrogen) atoms. The van der Waals surface area contributed by atoms with Crippen LogP contribution in [-0.2, 0) is 0 Å². The van der Waals surface area contributed by atoms with E-state index in [-0.39, 0.29) is 6.04 Å². The molecule has 0 saturated carbocycles. The average Bonchev–Trinajstić information content (AvgIpc) is 3.24. The van der Waals surface area contributed by atoms with Crippen LogP contribution in [0.3, 0.4) is 0 Å². The third-order valence-electron chi connectivity index (χ3n) is 5.06. The molecular weight excluding hydrogens is 402 g/mol. The number of nitrogens with one attached hydrogen (secondary N) is 2. The minimum atomic E-state index is 0.119. The van der Waals surface area contributed by atoms with Gasteiger partial charge in [-0.1, -0.05) is 43.3 Å². The zero-order valence-corrected chi connectivity index (χ0v) is 18.9. The highest BCUT2D eigenvalue weighted by atomic mass is 32.1. The first-order valence-electron chi connectivity index (χ1n) is 10.6. The molecule has 5 nitrogen and oxygen atoms in total. The molecule has 0 bridgehead atoms. The molecule has 4 aromatic rings. The van der Waals surface area contributed by atoms with Crippen LogP contribution in [0.2, 0.25) is 0 Å². The van der Waals surface area contributed by atoms with E-state index in [9.17, 15) is 0 Å². The predicted octanol–water partition coefficient (Wildman–Crippen LogP) is 5.86. The van der Waals surface area contributed by atoms with Gasteiger partial charge in [-0.05, 0) is 49.7 Å². The van der Waals surface area contributed by atoms with Crippen molar-refractivity contribution in [1.82, 2.24) is 20.3 Å². The summed E-state index contributed by atoms with van der Waals surface area (Å²) in [6.45, 7) is 8.05. The second-order valence-corrected chi connectivity index (χ2v) is 8.35. The van der Waals surface area contributed by atoms with E-state index < -0.39 is 0 Å². The lowest BCUT2D eigenvalue weighted by Crippen LogP contribution is -2.11. The summed E-state index contributed by atoms with van der Waals surface area (Å²) in [5, 5.41) is 6.85. The molecule has 0 amide bonds. The van der Waals surface area contributed by atoms with E-state index in [2.05, 4.69) is 88.0 Å². The number of benzene rings is 2. The number of nitrogens with zero attached hydrogens (tertiary/aromatic N) is 3. The summed E-state index contributed by atoms with van der Waals surface area (Å²) >= 11 is 1.64. The Bertz CT molecular complexity index is 1200. The van der Waals surface area contributed by atoms with Gasteiger partial charge in [0.1, 0.15) is 11.6 Å². The van der Waals surface area contributed by atoms with Crippen LogP contribution in [0.1, 0.15) is 36.8 Å². The fourth-order valence-corrected chi connectivity index (χ4v) is 4.18. The topological polar surface area (TPSA) is 62.7 Å². The van der Waals surface area contributed by atoms with E-state index in [0.717, 1.165) is 46.2 Å². The Morgan fingerprint density at radius 2 is 2.00 bits per heavy atom. The van der Waals surface area contributed by atoms with Crippen molar-refractivity contribution < 1.29 is 0 Å². The van der Waals surface area contributed by atoms with Crippen LogP contribution >= 0.6 is 11.3 Å². The maximum atomic E-state index is 4.66. The summed E-state index contributed by atoms with van der Waals surface area (Å²) in [6, 6.07) is 17.0. The summed E-state index contributed by atoms with van der Waals surface area (Å²) in [5.74, 6) is 1.57. The highest BCUT2D eigenvalue weighted by Crippen LogP contribution is 2.27. The second kappa shape index (κ2) is 9.81. The lowest BCUT2D eigenvalue weighted by atomic mass is 10.0. The zero-order chi connectivity index (χ0) is 21.6. The normalized spacial score (nSPS) is 12.5. The Morgan fingerprint density at radius 1 is 1.10 bits per heavy atom. The number of anilines is 1. The molecule has 2 N–H and O–H groups in total. The largest absolute Gasteiger partial charge is 0.363 e. The van der Waals surface area contributed by atoms with Crippen LogP contribution < -0.4 is 10.6 Å². The average molecular weight is 430 g/mol. The van der Waals surface area contributed by atoms with Gasteiger partial charge in [-0.25, -0.2) is 15.0 Å². The Hall–Kier alpha value is -3.09. The number of hydrogen-bond donors (Lipinski definition) is 2. The lowest BCUT2D eigenvalue weighted by molar-refractivity contribution is 0.801. The summed E-state index contributed by atoms with van der Waals surface area (Å²) in [4.78, 5) is 13.6. The predicted molar refractivity (Wildman–Crippen MR) is 131 cm³/mol. The van der Waals surface area contributed by atoms with Crippen LogP contribution in [0.5, 0.6) is 0 Å². The number of hydrogen-bond acceptors (Lipinski definition) is 6. The number of fused-ring (bicyclic) bond motifs is 1. The minimum absolute atomic E-state index is 0.119. The number of likely N-dealkylation sites (N-methyl/N-ethyl adjacent to an activating group) is 1. The monoisotopic (exact) mass is 429 g/mol. The number of thiazole rings is 1. The Labute approximate surface area is 187 Å². The molecule has 0 fully saturated rings. The fraction of sp³-hybridized carbons (Fsp3) is 0.240. The van der Waals surface area contributed by atoms with Crippen LogP contribution in [0.4, 0.5) is 5.82 Å². The number of rotatable bonds is 8. The van der Waals surface area contributed by atoms with Gasteiger partial charge in [-0.3, -0.25) is 0 Å². The van der Waals surface area contributed by atoms with Crippen molar-refractivity contribution in [3.05, 3.63) is 77.1 Å². The Morgan fingerprint density at radius 3 is 2.87 bits per heavy atom. The Kier molecular flexibility index (Phi) is 6.70. The van der Waals surface area contributed by atoms with Gasteiger partial charge in [-0.2, -0.15) is 0 Å².